The zero-order valence-corrected chi connectivity index (χ0v) is 16.6. The number of para-hydroxylation sites is 1. The van der Waals surface area contributed by atoms with E-state index in [-0.39, 0.29) is 24.0 Å². The van der Waals surface area contributed by atoms with Crippen LogP contribution in [0.25, 0.3) is 0 Å². The zero-order valence-electron chi connectivity index (χ0n) is 14.2. The van der Waals surface area contributed by atoms with Crippen LogP contribution in [0.15, 0.2) is 47.7 Å². The molecule has 2 N–H and O–H groups in total. The summed E-state index contributed by atoms with van der Waals surface area (Å²) in [6, 6.07) is 9.80. The number of aromatic nitrogens is 2. The summed E-state index contributed by atoms with van der Waals surface area (Å²) in [6.07, 6.45) is 3.87. The molecule has 0 aliphatic carbocycles. The van der Waals surface area contributed by atoms with Crippen LogP contribution >= 0.6 is 24.0 Å². The maximum atomic E-state index is 5.65. The fraction of sp³-hybridized carbons (Fsp3) is 0.412. The van der Waals surface area contributed by atoms with Crippen molar-refractivity contribution in [3.63, 3.8) is 0 Å². The van der Waals surface area contributed by atoms with Crippen molar-refractivity contribution in [2.24, 2.45) is 4.99 Å². The molecule has 0 spiro atoms. The quantitative estimate of drug-likeness (QED) is 0.285. The fourth-order valence-corrected chi connectivity index (χ4v) is 2.05. The van der Waals surface area contributed by atoms with E-state index in [4.69, 9.17) is 4.74 Å². The van der Waals surface area contributed by atoms with Gasteiger partial charge in [0.2, 0.25) is 0 Å². The smallest absolute Gasteiger partial charge is 0.191 e. The van der Waals surface area contributed by atoms with E-state index in [0.29, 0.717) is 19.7 Å². The van der Waals surface area contributed by atoms with Crippen molar-refractivity contribution >= 4 is 29.9 Å². The molecule has 0 unspecified atom stereocenters. The minimum absolute atomic E-state index is 0. The van der Waals surface area contributed by atoms with Crippen molar-refractivity contribution in [3.8, 4) is 5.75 Å². The van der Waals surface area contributed by atoms with E-state index in [1.165, 1.54) is 0 Å². The highest BCUT2D eigenvalue weighted by Crippen LogP contribution is 2.07. The van der Waals surface area contributed by atoms with Gasteiger partial charge < -0.3 is 15.4 Å². The van der Waals surface area contributed by atoms with Crippen molar-refractivity contribution in [1.82, 2.24) is 20.4 Å². The van der Waals surface area contributed by atoms with Gasteiger partial charge in [-0.2, -0.15) is 5.10 Å². The second-order valence-corrected chi connectivity index (χ2v) is 5.13. The first-order valence-corrected chi connectivity index (χ1v) is 7.97. The van der Waals surface area contributed by atoms with Crippen LogP contribution in [-0.2, 0) is 6.54 Å². The van der Waals surface area contributed by atoms with Gasteiger partial charge in [-0.25, -0.2) is 0 Å². The Bertz CT molecular complexity index is 600. The number of nitrogens with zero attached hydrogens (tertiary/aromatic N) is 3. The van der Waals surface area contributed by atoms with Crippen molar-refractivity contribution in [2.45, 2.75) is 20.4 Å². The van der Waals surface area contributed by atoms with Crippen LogP contribution in [0.2, 0.25) is 0 Å². The number of aliphatic imine (C=N–C) groups is 1. The summed E-state index contributed by atoms with van der Waals surface area (Å²) in [5.41, 5.74) is 1.16. The number of halogens is 1. The molecule has 1 aromatic carbocycles. The van der Waals surface area contributed by atoms with Crippen molar-refractivity contribution in [1.29, 1.82) is 0 Å². The average Bonchev–Trinajstić information content (AvgIpc) is 2.98. The van der Waals surface area contributed by atoms with E-state index >= 15 is 0 Å². The molecule has 6 nitrogen and oxygen atoms in total. The van der Waals surface area contributed by atoms with E-state index < -0.39 is 0 Å². The van der Waals surface area contributed by atoms with Gasteiger partial charge in [0, 0.05) is 12.7 Å². The lowest BCUT2D eigenvalue weighted by molar-refractivity contribution is 0.322. The minimum Gasteiger partial charge on any atom is -0.492 e. The van der Waals surface area contributed by atoms with Crippen molar-refractivity contribution in [3.05, 3.63) is 48.3 Å². The van der Waals surface area contributed by atoms with Crippen LogP contribution in [0.1, 0.15) is 12.5 Å². The van der Waals surface area contributed by atoms with E-state index in [2.05, 4.69) is 27.6 Å². The van der Waals surface area contributed by atoms with Crippen molar-refractivity contribution < 1.29 is 4.74 Å². The number of rotatable bonds is 8. The molecule has 0 amide bonds. The Hall–Kier alpha value is -1.77. The predicted molar refractivity (Wildman–Crippen MR) is 108 cm³/mol. The largest absolute Gasteiger partial charge is 0.492 e. The minimum atomic E-state index is 0. The first-order valence-electron chi connectivity index (χ1n) is 7.97. The maximum absolute atomic E-state index is 5.65. The van der Waals surface area contributed by atoms with Gasteiger partial charge in [-0.15, -0.1) is 24.0 Å². The molecule has 0 saturated heterocycles. The highest BCUT2D eigenvalue weighted by molar-refractivity contribution is 14.0. The Balaban J connectivity index is 0.00000288. The molecule has 0 atom stereocenters. The van der Waals surface area contributed by atoms with Gasteiger partial charge in [-0.05, 0) is 31.5 Å². The number of ether oxygens (including phenoxy) is 1. The molecule has 0 aliphatic rings. The molecule has 1 heterocycles. The van der Waals surface area contributed by atoms with Gasteiger partial charge >= 0.3 is 0 Å². The Kier molecular flexibility index (Phi) is 9.90. The molecule has 0 radical (unpaired) electrons. The summed E-state index contributed by atoms with van der Waals surface area (Å²) in [7, 11) is 0. The SMILES string of the molecule is CCNC(=NCCn1cc(C)cn1)NCCOc1ccccc1.I. The molecule has 1 aromatic heterocycles. The second-order valence-electron chi connectivity index (χ2n) is 5.13. The third-order valence-corrected chi connectivity index (χ3v) is 3.11. The molecule has 24 heavy (non-hydrogen) atoms. The monoisotopic (exact) mass is 443 g/mol. The molecule has 0 saturated carbocycles. The van der Waals surface area contributed by atoms with Gasteiger partial charge in [0.25, 0.3) is 0 Å². The van der Waals surface area contributed by atoms with Gasteiger partial charge in [0.1, 0.15) is 12.4 Å². The third-order valence-electron chi connectivity index (χ3n) is 3.11. The summed E-state index contributed by atoms with van der Waals surface area (Å²) in [5.74, 6) is 1.68. The molecule has 2 rings (SSSR count). The van der Waals surface area contributed by atoms with Crippen LogP contribution in [0.5, 0.6) is 5.75 Å². The molecule has 132 valence electrons. The zero-order chi connectivity index (χ0) is 16.3. The normalized spacial score (nSPS) is 10.8. The first kappa shape index (κ1) is 20.3. The lowest BCUT2D eigenvalue weighted by Gasteiger charge is -2.12. The average molecular weight is 443 g/mol. The standard InChI is InChI=1S/C17H25N5O.HI/c1-3-18-17(19-9-11-22-14-15(2)13-21-22)20-10-12-23-16-7-5-4-6-8-16;/h4-8,13-14H,3,9-12H2,1-2H3,(H2,18,19,20);1H. The Morgan fingerprint density at radius 3 is 2.71 bits per heavy atom. The molecular weight excluding hydrogens is 417 g/mol. The van der Waals surface area contributed by atoms with E-state index in [1.54, 1.807) is 0 Å². The molecule has 0 aliphatic heterocycles. The fourth-order valence-electron chi connectivity index (χ4n) is 2.05. The number of guanidine groups is 1. The maximum Gasteiger partial charge on any atom is 0.191 e. The topological polar surface area (TPSA) is 63.5 Å². The summed E-state index contributed by atoms with van der Waals surface area (Å²) >= 11 is 0. The Morgan fingerprint density at radius 1 is 1.25 bits per heavy atom. The Labute approximate surface area is 160 Å². The summed E-state index contributed by atoms with van der Waals surface area (Å²) < 4.78 is 7.56. The third kappa shape index (κ3) is 7.67. The summed E-state index contributed by atoms with van der Waals surface area (Å²) in [4.78, 5) is 4.54. The number of hydrogen-bond acceptors (Lipinski definition) is 3. The number of hydrogen-bond donors (Lipinski definition) is 2. The number of nitrogens with one attached hydrogen (secondary N) is 2. The van der Waals surface area contributed by atoms with Crippen LogP contribution in [0.3, 0.4) is 0 Å². The predicted octanol–water partition coefficient (Wildman–Crippen LogP) is 2.44. The number of benzene rings is 1. The Morgan fingerprint density at radius 2 is 2.04 bits per heavy atom. The molecule has 7 heteroatoms. The molecular formula is C17H26IN5O. The lowest BCUT2D eigenvalue weighted by atomic mass is 10.3. The van der Waals surface area contributed by atoms with Crippen LogP contribution in [0.4, 0.5) is 0 Å². The van der Waals surface area contributed by atoms with Gasteiger partial charge in [0.15, 0.2) is 5.96 Å². The van der Waals surface area contributed by atoms with Crippen LogP contribution < -0.4 is 15.4 Å². The van der Waals surface area contributed by atoms with Gasteiger partial charge in [-0.3, -0.25) is 9.67 Å². The van der Waals surface area contributed by atoms with Gasteiger partial charge in [0.05, 0.1) is 25.8 Å². The summed E-state index contributed by atoms with van der Waals surface area (Å²) in [6.45, 7) is 7.64. The second kappa shape index (κ2) is 11.7. The van der Waals surface area contributed by atoms with Gasteiger partial charge in [-0.1, -0.05) is 18.2 Å². The number of aryl methyl sites for hydroxylation is 1. The summed E-state index contributed by atoms with van der Waals surface area (Å²) in [5, 5.41) is 10.7. The van der Waals surface area contributed by atoms with E-state index in [9.17, 15) is 0 Å². The van der Waals surface area contributed by atoms with E-state index in [0.717, 1.165) is 30.4 Å². The molecule has 2 aromatic rings. The van der Waals surface area contributed by atoms with E-state index in [1.807, 2.05) is 54.3 Å². The highest BCUT2D eigenvalue weighted by atomic mass is 127. The van der Waals surface area contributed by atoms with Crippen LogP contribution in [-0.4, -0.2) is 42.0 Å². The lowest BCUT2D eigenvalue weighted by Crippen LogP contribution is -2.39. The molecule has 0 fully saturated rings. The first-order chi connectivity index (χ1) is 11.3. The van der Waals surface area contributed by atoms with Crippen molar-refractivity contribution in [2.75, 3.05) is 26.2 Å². The van der Waals surface area contributed by atoms with Crippen LogP contribution in [0, 0.1) is 6.92 Å². The molecule has 0 bridgehead atoms. The highest BCUT2D eigenvalue weighted by Gasteiger charge is 1.98.